The molecule has 8 aromatic carbocycles. The molecule has 0 radical (unpaired) electrons. The molecule has 1 nitrogen and oxygen atoms in total. The number of aromatic nitrogens is 1. The molecular formula is C44H27NS. The van der Waals surface area contributed by atoms with Gasteiger partial charge in [-0.1, -0.05) is 121 Å². The molecule has 0 fully saturated rings. The molecule has 0 aliphatic heterocycles. The fraction of sp³-hybridized carbons (Fsp3) is 0. The number of fused-ring (bicyclic) bond motifs is 8. The Morgan fingerprint density at radius 2 is 1.00 bits per heavy atom. The largest absolute Gasteiger partial charge is 0.309 e. The number of para-hydroxylation sites is 1. The Hall–Kier alpha value is -5.70. The van der Waals surface area contributed by atoms with Gasteiger partial charge in [0.2, 0.25) is 0 Å². The van der Waals surface area contributed by atoms with Crippen LogP contribution in [0.25, 0.3) is 91.5 Å². The fourth-order valence-corrected chi connectivity index (χ4v) is 8.73. The van der Waals surface area contributed by atoms with Crippen LogP contribution in [0.4, 0.5) is 0 Å². The highest BCUT2D eigenvalue weighted by atomic mass is 32.1. The predicted octanol–water partition coefficient (Wildman–Crippen LogP) is 12.8. The summed E-state index contributed by atoms with van der Waals surface area (Å²) in [5.74, 6) is 0. The van der Waals surface area contributed by atoms with E-state index in [1.54, 1.807) is 0 Å². The van der Waals surface area contributed by atoms with Crippen molar-refractivity contribution in [1.82, 2.24) is 4.57 Å². The highest BCUT2D eigenvalue weighted by molar-refractivity contribution is 7.26. The zero-order valence-electron chi connectivity index (χ0n) is 24.9. The van der Waals surface area contributed by atoms with Crippen LogP contribution in [0.1, 0.15) is 0 Å². The minimum atomic E-state index is 1.17. The zero-order valence-corrected chi connectivity index (χ0v) is 25.8. The fourth-order valence-electron chi connectivity index (χ4n) is 7.49. The van der Waals surface area contributed by atoms with E-state index in [0.29, 0.717) is 0 Å². The number of thiophene rings is 1. The van der Waals surface area contributed by atoms with Crippen LogP contribution in [0.3, 0.4) is 0 Å². The van der Waals surface area contributed by atoms with E-state index >= 15 is 0 Å². The summed E-state index contributed by atoms with van der Waals surface area (Å²) in [5.41, 5.74) is 8.68. The van der Waals surface area contributed by atoms with Gasteiger partial charge in [0.15, 0.2) is 0 Å². The van der Waals surface area contributed by atoms with Crippen molar-refractivity contribution in [3.05, 3.63) is 164 Å². The van der Waals surface area contributed by atoms with E-state index in [1.807, 2.05) is 11.3 Å². The number of nitrogens with zero attached hydrogens (tertiary/aromatic N) is 1. The van der Waals surface area contributed by atoms with Crippen molar-refractivity contribution in [2.75, 3.05) is 0 Å². The molecule has 0 spiro atoms. The third kappa shape index (κ3) is 3.74. The minimum Gasteiger partial charge on any atom is -0.309 e. The summed E-state index contributed by atoms with van der Waals surface area (Å²) in [4.78, 5) is 0. The quantitative estimate of drug-likeness (QED) is 0.178. The molecule has 10 aromatic rings. The average molecular weight is 602 g/mol. The van der Waals surface area contributed by atoms with Crippen LogP contribution in [-0.2, 0) is 0 Å². The van der Waals surface area contributed by atoms with Gasteiger partial charge < -0.3 is 4.57 Å². The monoisotopic (exact) mass is 601 g/mol. The predicted molar refractivity (Wildman–Crippen MR) is 200 cm³/mol. The molecule has 10 rings (SSSR count). The molecule has 0 saturated carbocycles. The third-order valence-electron chi connectivity index (χ3n) is 9.57. The molecule has 0 aliphatic carbocycles. The Balaban J connectivity index is 1.15. The highest BCUT2D eigenvalue weighted by Gasteiger charge is 2.16. The van der Waals surface area contributed by atoms with Gasteiger partial charge in [0, 0.05) is 36.6 Å². The van der Waals surface area contributed by atoms with E-state index in [4.69, 9.17) is 0 Å². The number of benzene rings is 8. The van der Waals surface area contributed by atoms with Gasteiger partial charge >= 0.3 is 0 Å². The van der Waals surface area contributed by atoms with Crippen LogP contribution < -0.4 is 0 Å². The molecule has 0 unspecified atom stereocenters. The lowest BCUT2D eigenvalue weighted by Crippen LogP contribution is -1.94. The maximum Gasteiger partial charge on any atom is 0.0541 e. The first-order chi connectivity index (χ1) is 22.8. The maximum absolute atomic E-state index is 2.42. The Morgan fingerprint density at radius 3 is 1.78 bits per heavy atom. The van der Waals surface area contributed by atoms with Gasteiger partial charge in [-0.2, -0.15) is 0 Å². The molecule has 2 aromatic heterocycles. The molecule has 2 heterocycles. The molecule has 214 valence electrons. The second-order valence-electron chi connectivity index (χ2n) is 12.1. The van der Waals surface area contributed by atoms with E-state index in [-0.39, 0.29) is 0 Å². The molecule has 0 bridgehead atoms. The van der Waals surface area contributed by atoms with Crippen molar-refractivity contribution < 1.29 is 0 Å². The Kier molecular flexibility index (Phi) is 5.51. The van der Waals surface area contributed by atoms with Crippen LogP contribution in [0.5, 0.6) is 0 Å². The SMILES string of the molecule is c1ccc2c(-c3ccc(-n4c5ccccc5c5cc(-c6cccc7c6sc6ccccc67)ccc54)cc3)c3ccccc3cc2c1. The van der Waals surface area contributed by atoms with Gasteiger partial charge in [0.1, 0.15) is 0 Å². The van der Waals surface area contributed by atoms with Crippen molar-refractivity contribution >= 4 is 74.9 Å². The van der Waals surface area contributed by atoms with E-state index in [0.717, 1.165) is 0 Å². The van der Waals surface area contributed by atoms with Crippen LogP contribution in [-0.4, -0.2) is 4.57 Å². The van der Waals surface area contributed by atoms with Crippen molar-refractivity contribution in [1.29, 1.82) is 0 Å². The lowest BCUT2D eigenvalue weighted by molar-refractivity contribution is 1.18. The number of hydrogen-bond acceptors (Lipinski definition) is 1. The van der Waals surface area contributed by atoms with Gasteiger partial charge in [0.25, 0.3) is 0 Å². The van der Waals surface area contributed by atoms with Gasteiger partial charge in [-0.15, -0.1) is 11.3 Å². The molecule has 2 heteroatoms. The topological polar surface area (TPSA) is 4.93 Å². The summed E-state index contributed by atoms with van der Waals surface area (Å²) in [5, 5.41) is 10.3. The van der Waals surface area contributed by atoms with Crippen LogP contribution in [0.2, 0.25) is 0 Å². The first kappa shape index (κ1) is 25.6. The molecule has 0 aliphatic rings. The Morgan fingerprint density at radius 1 is 0.391 bits per heavy atom. The van der Waals surface area contributed by atoms with E-state index in [9.17, 15) is 0 Å². The number of hydrogen-bond donors (Lipinski definition) is 0. The van der Waals surface area contributed by atoms with Crippen molar-refractivity contribution in [3.63, 3.8) is 0 Å². The summed E-state index contributed by atoms with van der Waals surface area (Å²) in [7, 11) is 0. The van der Waals surface area contributed by atoms with Crippen molar-refractivity contribution in [3.8, 4) is 27.9 Å². The normalized spacial score (nSPS) is 11.9. The molecule has 0 saturated heterocycles. The van der Waals surface area contributed by atoms with Gasteiger partial charge in [-0.25, -0.2) is 0 Å². The summed E-state index contributed by atoms with van der Waals surface area (Å²) >= 11 is 1.89. The lowest BCUT2D eigenvalue weighted by Gasteiger charge is -2.14. The molecular weight excluding hydrogens is 575 g/mol. The Labute approximate surface area is 270 Å². The molecule has 0 N–H and O–H groups in total. The average Bonchev–Trinajstić information content (AvgIpc) is 3.66. The molecule has 0 atom stereocenters. The van der Waals surface area contributed by atoms with Crippen LogP contribution in [0, 0.1) is 0 Å². The number of rotatable bonds is 3. The van der Waals surface area contributed by atoms with Crippen molar-refractivity contribution in [2.45, 2.75) is 0 Å². The first-order valence-electron chi connectivity index (χ1n) is 15.8. The van der Waals surface area contributed by atoms with Crippen LogP contribution >= 0.6 is 11.3 Å². The van der Waals surface area contributed by atoms with E-state index < -0.39 is 0 Å². The summed E-state index contributed by atoms with van der Waals surface area (Å²) in [6, 6.07) is 60.2. The second kappa shape index (κ2) is 9.90. The van der Waals surface area contributed by atoms with Crippen molar-refractivity contribution in [2.24, 2.45) is 0 Å². The van der Waals surface area contributed by atoms with E-state index in [1.165, 1.54) is 91.5 Å². The van der Waals surface area contributed by atoms with Gasteiger partial charge in [0.05, 0.1) is 11.0 Å². The standard InChI is InChI=1S/C44H27NS/c1-3-12-33-29(10-1)26-30-11-2-4-13-34(30)43(33)28-20-23-32(24-21-28)45-40-18-7-5-14-36(40)39-27-31(22-25-41(39)45)35-16-9-17-38-37-15-6-8-19-42(37)46-44(35)38/h1-27H. The van der Waals surface area contributed by atoms with E-state index in [2.05, 4.69) is 168 Å². The summed E-state index contributed by atoms with van der Waals surface area (Å²) in [6.07, 6.45) is 0. The first-order valence-corrected chi connectivity index (χ1v) is 16.6. The highest BCUT2D eigenvalue weighted by Crippen LogP contribution is 2.42. The second-order valence-corrected chi connectivity index (χ2v) is 13.2. The lowest BCUT2D eigenvalue weighted by atomic mass is 9.92. The summed E-state index contributed by atoms with van der Waals surface area (Å²) < 4.78 is 5.10. The van der Waals surface area contributed by atoms with Gasteiger partial charge in [-0.05, 0) is 86.3 Å². The van der Waals surface area contributed by atoms with Crippen LogP contribution in [0.15, 0.2) is 164 Å². The zero-order chi connectivity index (χ0) is 30.2. The van der Waals surface area contributed by atoms with Gasteiger partial charge in [-0.3, -0.25) is 0 Å². The molecule has 46 heavy (non-hydrogen) atoms. The minimum absolute atomic E-state index is 1.17. The summed E-state index contributed by atoms with van der Waals surface area (Å²) in [6.45, 7) is 0. The molecule has 0 amide bonds. The Bertz CT molecular complexity index is 2740. The third-order valence-corrected chi connectivity index (χ3v) is 10.8. The maximum atomic E-state index is 2.42. The smallest absolute Gasteiger partial charge is 0.0541 e.